The Kier molecular flexibility index (Phi) is 5.91. The van der Waals surface area contributed by atoms with E-state index in [2.05, 4.69) is 0 Å². The zero-order valence-corrected chi connectivity index (χ0v) is 8.24. The lowest BCUT2D eigenvalue weighted by atomic mass is 10.5. The summed E-state index contributed by atoms with van der Waals surface area (Å²) in [5.41, 5.74) is 0. The smallest absolute Gasteiger partial charge is 0.379 e. The van der Waals surface area contributed by atoms with Gasteiger partial charge in [0.2, 0.25) is 0 Å². The molecule has 0 aliphatic heterocycles. The van der Waals surface area contributed by atoms with Crippen molar-refractivity contribution in [2.75, 3.05) is 13.7 Å². The third-order valence-electron chi connectivity index (χ3n) is 0.878. The van der Waals surface area contributed by atoms with Crippen molar-refractivity contribution >= 4 is 9.53 Å². The lowest BCUT2D eigenvalue weighted by Crippen LogP contribution is -2.28. The minimum atomic E-state index is -1.77. The SMILES string of the molecule is CCO[SiH](OC)OC(C)C. The second-order valence-electron chi connectivity index (χ2n) is 2.16. The highest BCUT2D eigenvalue weighted by Gasteiger charge is 2.13. The van der Waals surface area contributed by atoms with Crippen molar-refractivity contribution < 1.29 is 13.3 Å². The summed E-state index contributed by atoms with van der Waals surface area (Å²) in [6.45, 7) is 6.54. The quantitative estimate of drug-likeness (QED) is 0.563. The topological polar surface area (TPSA) is 27.7 Å². The number of rotatable bonds is 5. The van der Waals surface area contributed by atoms with Crippen molar-refractivity contribution in [3.05, 3.63) is 0 Å². The minimum Gasteiger partial charge on any atom is -0.379 e. The van der Waals surface area contributed by atoms with E-state index in [1.54, 1.807) is 7.11 Å². The maximum absolute atomic E-state index is 5.33. The molecule has 0 spiro atoms. The molecule has 62 valence electrons. The van der Waals surface area contributed by atoms with E-state index in [4.69, 9.17) is 13.3 Å². The first-order valence-corrected chi connectivity index (χ1v) is 4.92. The van der Waals surface area contributed by atoms with Gasteiger partial charge in [-0.3, -0.25) is 0 Å². The molecule has 0 bridgehead atoms. The van der Waals surface area contributed by atoms with Gasteiger partial charge in [0.05, 0.1) is 0 Å². The fourth-order valence-corrected chi connectivity index (χ4v) is 1.56. The Bertz CT molecular complexity index is 77.4. The van der Waals surface area contributed by atoms with Gasteiger partial charge in [-0.15, -0.1) is 0 Å². The highest BCUT2D eigenvalue weighted by Crippen LogP contribution is 1.95. The average Bonchev–Trinajstić information content (AvgIpc) is 1.86. The van der Waals surface area contributed by atoms with Crippen molar-refractivity contribution in [3.8, 4) is 0 Å². The lowest BCUT2D eigenvalue weighted by Gasteiger charge is -2.15. The van der Waals surface area contributed by atoms with Crippen LogP contribution in [0.3, 0.4) is 0 Å². The molecule has 0 heterocycles. The van der Waals surface area contributed by atoms with E-state index >= 15 is 0 Å². The summed E-state index contributed by atoms with van der Waals surface area (Å²) in [6, 6.07) is 0. The molecule has 0 aliphatic rings. The van der Waals surface area contributed by atoms with E-state index in [0.29, 0.717) is 6.61 Å². The van der Waals surface area contributed by atoms with Crippen molar-refractivity contribution in [3.63, 3.8) is 0 Å². The monoisotopic (exact) mass is 164 g/mol. The molecule has 0 aromatic rings. The fourth-order valence-electron chi connectivity index (χ4n) is 0.521. The Hall–Kier alpha value is 0.0969. The van der Waals surface area contributed by atoms with Gasteiger partial charge in [-0.1, -0.05) is 0 Å². The molecule has 3 nitrogen and oxygen atoms in total. The maximum Gasteiger partial charge on any atom is 0.484 e. The van der Waals surface area contributed by atoms with Gasteiger partial charge < -0.3 is 13.3 Å². The summed E-state index contributed by atoms with van der Waals surface area (Å²) < 4.78 is 15.5. The van der Waals surface area contributed by atoms with Crippen molar-refractivity contribution in [1.82, 2.24) is 0 Å². The predicted octanol–water partition coefficient (Wildman–Crippen LogP) is 0.811. The molecule has 10 heavy (non-hydrogen) atoms. The van der Waals surface area contributed by atoms with Crippen LogP contribution in [0, 0.1) is 0 Å². The third-order valence-corrected chi connectivity index (χ3v) is 2.64. The third kappa shape index (κ3) is 4.93. The van der Waals surface area contributed by atoms with E-state index in [1.165, 1.54) is 0 Å². The van der Waals surface area contributed by atoms with Crippen LogP contribution in [0.2, 0.25) is 0 Å². The second-order valence-corrected chi connectivity index (χ2v) is 3.82. The Morgan fingerprint density at radius 3 is 2.30 bits per heavy atom. The van der Waals surface area contributed by atoms with Gasteiger partial charge in [0.25, 0.3) is 0 Å². The summed E-state index contributed by atoms with van der Waals surface area (Å²) in [5.74, 6) is 0. The first-order chi connectivity index (χ1) is 4.70. The first kappa shape index (κ1) is 10.1. The Morgan fingerprint density at radius 1 is 1.40 bits per heavy atom. The Balaban J connectivity index is 3.39. The Morgan fingerprint density at radius 2 is 2.00 bits per heavy atom. The summed E-state index contributed by atoms with van der Waals surface area (Å²) in [5, 5.41) is 0. The van der Waals surface area contributed by atoms with Crippen LogP contribution in [0.5, 0.6) is 0 Å². The van der Waals surface area contributed by atoms with Crippen LogP contribution in [0.15, 0.2) is 0 Å². The summed E-state index contributed by atoms with van der Waals surface area (Å²) in [7, 11) is -0.151. The summed E-state index contributed by atoms with van der Waals surface area (Å²) >= 11 is 0. The first-order valence-electron chi connectivity index (χ1n) is 3.50. The molecule has 4 heteroatoms. The summed E-state index contributed by atoms with van der Waals surface area (Å²) in [6.07, 6.45) is 0.197. The largest absolute Gasteiger partial charge is 0.484 e. The molecule has 0 amide bonds. The van der Waals surface area contributed by atoms with Crippen LogP contribution in [-0.2, 0) is 13.3 Å². The molecule has 0 N–H and O–H groups in total. The van der Waals surface area contributed by atoms with E-state index in [-0.39, 0.29) is 6.10 Å². The fraction of sp³-hybridized carbons (Fsp3) is 1.00. The molecule has 1 unspecified atom stereocenters. The van der Waals surface area contributed by atoms with Crippen LogP contribution in [0.25, 0.3) is 0 Å². The van der Waals surface area contributed by atoms with Crippen LogP contribution >= 0.6 is 0 Å². The molecule has 0 aromatic carbocycles. The summed E-state index contributed by atoms with van der Waals surface area (Å²) in [4.78, 5) is 0. The molecule has 0 radical (unpaired) electrons. The minimum absolute atomic E-state index is 0.197. The normalized spacial score (nSPS) is 14.1. The molecular weight excluding hydrogens is 148 g/mol. The van der Waals surface area contributed by atoms with Gasteiger partial charge in [0, 0.05) is 19.8 Å². The molecule has 0 rings (SSSR count). The van der Waals surface area contributed by atoms with Crippen LogP contribution in [-0.4, -0.2) is 29.3 Å². The van der Waals surface area contributed by atoms with Crippen molar-refractivity contribution in [2.45, 2.75) is 26.9 Å². The second kappa shape index (κ2) is 5.85. The van der Waals surface area contributed by atoms with Crippen molar-refractivity contribution in [1.29, 1.82) is 0 Å². The predicted molar refractivity (Wildman–Crippen MR) is 42.0 cm³/mol. The number of hydrogen-bond acceptors (Lipinski definition) is 3. The van der Waals surface area contributed by atoms with E-state index in [9.17, 15) is 0 Å². The van der Waals surface area contributed by atoms with Gasteiger partial charge in [-0.05, 0) is 20.8 Å². The number of hydrogen-bond donors (Lipinski definition) is 0. The molecule has 1 atom stereocenters. The van der Waals surface area contributed by atoms with E-state index in [0.717, 1.165) is 0 Å². The van der Waals surface area contributed by atoms with Gasteiger partial charge in [0.1, 0.15) is 0 Å². The zero-order chi connectivity index (χ0) is 7.98. The van der Waals surface area contributed by atoms with Crippen LogP contribution in [0.4, 0.5) is 0 Å². The molecule has 0 aliphatic carbocycles. The zero-order valence-electron chi connectivity index (χ0n) is 7.09. The molecule has 0 aromatic heterocycles. The van der Waals surface area contributed by atoms with Crippen LogP contribution in [0.1, 0.15) is 20.8 Å². The molecule has 0 saturated heterocycles. The van der Waals surface area contributed by atoms with Gasteiger partial charge >= 0.3 is 9.53 Å². The van der Waals surface area contributed by atoms with Crippen molar-refractivity contribution in [2.24, 2.45) is 0 Å². The average molecular weight is 164 g/mol. The lowest BCUT2D eigenvalue weighted by molar-refractivity contribution is 0.0898. The molecular formula is C6H16O3Si. The van der Waals surface area contributed by atoms with E-state index in [1.807, 2.05) is 20.8 Å². The molecule has 0 saturated carbocycles. The van der Waals surface area contributed by atoms with Gasteiger partial charge in [-0.2, -0.15) is 0 Å². The van der Waals surface area contributed by atoms with Crippen LogP contribution < -0.4 is 0 Å². The van der Waals surface area contributed by atoms with Gasteiger partial charge in [-0.25, -0.2) is 0 Å². The highest BCUT2D eigenvalue weighted by molar-refractivity contribution is 6.36. The standard InChI is InChI=1S/C6H16O3Si/c1-5-8-10(7-4)9-6(2)3/h6,10H,5H2,1-4H3. The maximum atomic E-state index is 5.33. The highest BCUT2D eigenvalue weighted by atomic mass is 28.3. The van der Waals surface area contributed by atoms with Gasteiger partial charge in [0.15, 0.2) is 0 Å². The molecule has 0 fully saturated rings. The van der Waals surface area contributed by atoms with E-state index < -0.39 is 9.53 Å². The Labute approximate surface area is 64.3 Å².